The fourth-order valence-electron chi connectivity index (χ4n) is 2.00. The van der Waals surface area contributed by atoms with Gasteiger partial charge in [0.15, 0.2) is 0 Å². The number of carbonyl (C=O) groups is 1. The molecule has 4 heteroatoms. The molecule has 0 saturated heterocycles. The van der Waals surface area contributed by atoms with Crippen molar-refractivity contribution in [2.75, 3.05) is 18.0 Å². The van der Waals surface area contributed by atoms with Crippen molar-refractivity contribution in [1.82, 2.24) is 0 Å². The fourth-order valence-corrected chi connectivity index (χ4v) is 2.34. The minimum atomic E-state index is -0.927. The van der Waals surface area contributed by atoms with Gasteiger partial charge >= 0.3 is 5.97 Å². The van der Waals surface area contributed by atoms with Crippen LogP contribution in [0.2, 0.25) is 0 Å². The first-order chi connectivity index (χ1) is 9.47. The Morgan fingerprint density at radius 3 is 2.70 bits per heavy atom. The van der Waals surface area contributed by atoms with E-state index in [4.69, 9.17) is 5.11 Å². The highest BCUT2D eigenvalue weighted by Crippen LogP contribution is 2.27. The zero-order chi connectivity index (χ0) is 15.1. The molecule has 0 amide bonds. The van der Waals surface area contributed by atoms with Crippen molar-refractivity contribution < 1.29 is 9.90 Å². The van der Waals surface area contributed by atoms with Gasteiger partial charge in [0, 0.05) is 29.3 Å². The lowest BCUT2D eigenvalue weighted by atomic mass is 10.1. The summed E-state index contributed by atoms with van der Waals surface area (Å²) < 4.78 is 1.00. The molecule has 0 aliphatic heterocycles. The van der Waals surface area contributed by atoms with E-state index in [9.17, 15) is 4.79 Å². The standard InChI is InChI=1S/C16H22BrNO2/c1-4-12(3)11-18(5-2)15-10-14(17)8-6-13(15)7-9-16(19)20/h6-10,12H,4-5,11H2,1-3H3,(H,19,20). The molecule has 0 spiro atoms. The second-order valence-corrected chi connectivity index (χ2v) is 5.84. The van der Waals surface area contributed by atoms with Crippen molar-refractivity contribution in [2.24, 2.45) is 5.92 Å². The molecular formula is C16H22BrNO2. The molecule has 1 aromatic rings. The first-order valence-electron chi connectivity index (χ1n) is 6.93. The second-order valence-electron chi connectivity index (χ2n) is 4.93. The molecule has 20 heavy (non-hydrogen) atoms. The number of anilines is 1. The van der Waals surface area contributed by atoms with E-state index in [0.717, 1.165) is 35.2 Å². The number of hydrogen-bond acceptors (Lipinski definition) is 2. The van der Waals surface area contributed by atoms with Gasteiger partial charge in [-0.3, -0.25) is 0 Å². The molecule has 0 aromatic heterocycles. The van der Waals surface area contributed by atoms with Gasteiger partial charge in [0.2, 0.25) is 0 Å². The van der Waals surface area contributed by atoms with Gasteiger partial charge < -0.3 is 10.0 Å². The summed E-state index contributed by atoms with van der Waals surface area (Å²) in [7, 11) is 0. The molecular weight excluding hydrogens is 318 g/mol. The summed E-state index contributed by atoms with van der Waals surface area (Å²) in [5.41, 5.74) is 2.00. The Bertz CT molecular complexity index is 485. The Balaban J connectivity index is 3.11. The van der Waals surface area contributed by atoms with E-state index in [2.05, 4.69) is 41.6 Å². The Hall–Kier alpha value is -1.29. The van der Waals surface area contributed by atoms with Crippen molar-refractivity contribution in [3.8, 4) is 0 Å². The van der Waals surface area contributed by atoms with Gasteiger partial charge in [-0.1, -0.05) is 42.3 Å². The van der Waals surface area contributed by atoms with Crippen LogP contribution in [0.15, 0.2) is 28.7 Å². The van der Waals surface area contributed by atoms with Crippen LogP contribution in [0.1, 0.15) is 32.8 Å². The molecule has 0 fully saturated rings. The minimum absolute atomic E-state index is 0.602. The van der Waals surface area contributed by atoms with E-state index in [1.54, 1.807) is 6.08 Å². The molecule has 1 rings (SSSR count). The molecule has 0 heterocycles. The van der Waals surface area contributed by atoms with Gasteiger partial charge in [-0.2, -0.15) is 0 Å². The SMILES string of the molecule is CCC(C)CN(CC)c1cc(Br)ccc1C=CC(=O)O. The Kier molecular flexibility index (Phi) is 6.79. The highest BCUT2D eigenvalue weighted by Gasteiger charge is 2.12. The molecule has 1 N–H and O–H groups in total. The van der Waals surface area contributed by atoms with Gasteiger partial charge in [0.1, 0.15) is 0 Å². The number of benzene rings is 1. The first-order valence-corrected chi connectivity index (χ1v) is 7.72. The van der Waals surface area contributed by atoms with E-state index in [0.29, 0.717) is 5.92 Å². The summed E-state index contributed by atoms with van der Waals surface area (Å²) in [6.07, 6.45) is 3.97. The smallest absolute Gasteiger partial charge is 0.328 e. The van der Waals surface area contributed by atoms with Crippen LogP contribution in [-0.4, -0.2) is 24.2 Å². The summed E-state index contributed by atoms with van der Waals surface area (Å²) in [6, 6.07) is 5.92. The molecule has 110 valence electrons. The van der Waals surface area contributed by atoms with Crippen LogP contribution < -0.4 is 4.90 Å². The lowest BCUT2D eigenvalue weighted by molar-refractivity contribution is -0.131. The lowest BCUT2D eigenvalue weighted by Gasteiger charge is -2.28. The summed E-state index contributed by atoms with van der Waals surface area (Å²) in [4.78, 5) is 13.0. The van der Waals surface area contributed by atoms with Crippen molar-refractivity contribution in [1.29, 1.82) is 0 Å². The monoisotopic (exact) mass is 339 g/mol. The Morgan fingerprint density at radius 2 is 2.15 bits per heavy atom. The zero-order valence-electron chi connectivity index (χ0n) is 12.3. The summed E-state index contributed by atoms with van der Waals surface area (Å²) in [5.74, 6) is -0.325. The number of carboxylic acid groups (broad SMARTS) is 1. The lowest BCUT2D eigenvalue weighted by Crippen LogP contribution is -2.28. The molecule has 1 aromatic carbocycles. The number of hydrogen-bond donors (Lipinski definition) is 1. The quantitative estimate of drug-likeness (QED) is 0.747. The number of carboxylic acids is 1. The predicted molar refractivity (Wildman–Crippen MR) is 88.2 cm³/mol. The highest BCUT2D eigenvalue weighted by atomic mass is 79.9. The van der Waals surface area contributed by atoms with Crippen molar-refractivity contribution in [3.05, 3.63) is 34.3 Å². The van der Waals surface area contributed by atoms with Crippen LogP contribution in [0.4, 0.5) is 5.69 Å². The van der Waals surface area contributed by atoms with Crippen molar-refractivity contribution in [3.63, 3.8) is 0 Å². The maximum Gasteiger partial charge on any atom is 0.328 e. The van der Waals surface area contributed by atoms with Crippen LogP contribution in [0.5, 0.6) is 0 Å². The van der Waals surface area contributed by atoms with Crippen LogP contribution in [0, 0.1) is 5.92 Å². The summed E-state index contributed by atoms with van der Waals surface area (Å²) in [6.45, 7) is 8.40. The maximum absolute atomic E-state index is 10.7. The highest BCUT2D eigenvalue weighted by molar-refractivity contribution is 9.10. The molecule has 0 radical (unpaired) electrons. The minimum Gasteiger partial charge on any atom is -0.478 e. The molecule has 1 atom stereocenters. The predicted octanol–water partition coefficient (Wildman–Crippen LogP) is 4.42. The maximum atomic E-state index is 10.7. The third-order valence-electron chi connectivity index (χ3n) is 3.35. The van der Waals surface area contributed by atoms with Gasteiger partial charge in [-0.05, 0) is 36.6 Å². The van der Waals surface area contributed by atoms with Crippen LogP contribution in [0.25, 0.3) is 6.08 Å². The molecule has 0 bridgehead atoms. The van der Waals surface area contributed by atoms with Gasteiger partial charge in [-0.15, -0.1) is 0 Å². The topological polar surface area (TPSA) is 40.5 Å². The molecule has 1 unspecified atom stereocenters. The Labute approximate surface area is 129 Å². The fraction of sp³-hybridized carbons (Fsp3) is 0.438. The number of halogens is 1. The van der Waals surface area contributed by atoms with Gasteiger partial charge in [-0.25, -0.2) is 4.79 Å². The van der Waals surface area contributed by atoms with E-state index in [1.165, 1.54) is 6.08 Å². The normalized spacial score (nSPS) is 12.6. The average molecular weight is 340 g/mol. The van der Waals surface area contributed by atoms with Crippen LogP contribution >= 0.6 is 15.9 Å². The third-order valence-corrected chi connectivity index (χ3v) is 3.84. The van der Waals surface area contributed by atoms with E-state index < -0.39 is 5.97 Å². The average Bonchev–Trinajstić information content (AvgIpc) is 2.42. The summed E-state index contributed by atoms with van der Waals surface area (Å²) >= 11 is 3.49. The molecule has 0 saturated carbocycles. The number of aliphatic carboxylic acids is 1. The number of nitrogens with zero attached hydrogens (tertiary/aromatic N) is 1. The van der Waals surface area contributed by atoms with Crippen molar-refractivity contribution >= 4 is 33.7 Å². The van der Waals surface area contributed by atoms with Crippen LogP contribution in [-0.2, 0) is 4.79 Å². The summed E-state index contributed by atoms with van der Waals surface area (Å²) in [5, 5.41) is 8.79. The molecule has 0 aliphatic rings. The first kappa shape index (κ1) is 16.8. The Morgan fingerprint density at radius 1 is 1.45 bits per heavy atom. The third kappa shape index (κ3) is 5.00. The van der Waals surface area contributed by atoms with E-state index >= 15 is 0 Å². The molecule has 0 aliphatic carbocycles. The zero-order valence-corrected chi connectivity index (χ0v) is 13.9. The van der Waals surface area contributed by atoms with Crippen LogP contribution in [0.3, 0.4) is 0 Å². The number of rotatable bonds is 7. The van der Waals surface area contributed by atoms with Gasteiger partial charge in [0.05, 0.1) is 0 Å². The molecule has 3 nitrogen and oxygen atoms in total. The van der Waals surface area contributed by atoms with E-state index in [1.807, 2.05) is 18.2 Å². The van der Waals surface area contributed by atoms with E-state index in [-0.39, 0.29) is 0 Å². The van der Waals surface area contributed by atoms with Crippen molar-refractivity contribution in [2.45, 2.75) is 27.2 Å². The van der Waals surface area contributed by atoms with Gasteiger partial charge in [0.25, 0.3) is 0 Å². The second kappa shape index (κ2) is 8.10. The largest absolute Gasteiger partial charge is 0.478 e.